The minimum absolute atomic E-state index is 0.0845. The molecule has 122 valence electrons. The molecule has 1 saturated heterocycles. The van der Waals surface area contributed by atoms with Crippen LogP contribution in [-0.2, 0) is 14.8 Å². The molecule has 2 aromatic rings. The van der Waals surface area contributed by atoms with E-state index in [1.807, 2.05) is 0 Å². The molecule has 0 spiro atoms. The molecule has 1 aliphatic heterocycles. The Labute approximate surface area is 129 Å². The molecule has 3 rings (SSSR count). The van der Waals surface area contributed by atoms with E-state index in [0.717, 1.165) is 4.31 Å². The summed E-state index contributed by atoms with van der Waals surface area (Å²) >= 11 is 0. The number of hydrogen-bond acceptors (Lipinski definition) is 6. The molecule has 0 bridgehead atoms. The van der Waals surface area contributed by atoms with E-state index in [9.17, 15) is 27.9 Å². The zero-order valence-corrected chi connectivity index (χ0v) is 12.6. The van der Waals surface area contributed by atoms with Gasteiger partial charge in [0.2, 0.25) is 10.0 Å². The average Bonchev–Trinajstić information content (AvgIpc) is 2.98. The van der Waals surface area contributed by atoms with E-state index in [2.05, 4.69) is 9.97 Å². The number of H-pyrrole nitrogens is 2. The van der Waals surface area contributed by atoms with E-state index in [0.29, 0.717) is 6.42 Å². The van der Waals surface area contributed by atoms with E-state index in [1.54, 1.807) is 0 Å². The molecule has 0 amide bonds. The molecule has 2 N–H and O–H groups in total. The molecule has 10 heteroatoms. The van der Waals surface area contributed by atoms with Gasteiger partial charge in [-0.15, -0.1) is 0 Å². The van der Waals surface area contributed by atoms with Crippen LogP contribution >= 0.6 is 0 Å². The van der Waals surface area contributed by atoms with E-state index < -0.39 is 33.2 Å². The van der Waals surface area contributed by atoms with E-state index in [4.69, 9.17) is 0 Å². The van der Waals surface area contributed by atoms with Crippen molar-refractivity contribution in [3.8, 4) is 0 Å². The number of aromatic nitrogens is 2. The van der Waals surface area contributed by atoms with Crippen LogP contribution in [0, 0.1) is 0 Å². The predicted molar refractivity (Wildman–Crippen MR) is 77.1 cm³/mol. The number of carboxylic acid groups (broad SMARTS) is 1. The van der Waals surface area contributed by atoms with Gasteiger partial charge in [0.15, 0.2) is 0 Å². The minimum Gasteiger partial charge on any atom is -0.548 e. The number of aromatic amines is 2. The number of nitrogens with one attached hydrogen (secondary N) is 2. The molecule has 1 aromatic carbocycles. The van der Waals surface area contributed by atoms with Crippen LogP contribution in [-0.4, -0.2) is 41.2 Å². The van der Waals surface area contributed by atoms with Gasteiger partial charge < -0.3 is 19.9 Å². The molecule has 2 heterocycles. The van der Waals surface area contributed by atoms with Crippen molar-refractivity contribution in [3.05, 3.63) is 38.9 Å². The summed E-state index contributed by atoms with van der Waals surface area (Å²) in [5, 5.41) is 11.1. The summed E-state index contributed by atoms with van der Waals surface area (Å²) in [5.74, 6) is -1.44. The number of aliphatic carboxylic acids is 1. The highest BCUT2D eigenvalue weighted by Crippen LogP contribution is 2.26. The largest absolute Gasteiger partial charge is 0.548 e. The maximum Gasteiger partial charge on any atom is 0.314 e. The van der Waals surface area contributed by atoms with Crippen molar-refractivity contribution in [2.24, 2.45) is 0 Å². The molecule has 0 saturated carbocycles. The summed E-state index contributed by atoms with van der Waals surface area (Å²) in [5.41, 5.74) is -1.34. The van der Waals surface area contributed by atoms with Gasteiger partial charge in [0, 0.05) is 6.54 Å². The van der Waals surface area contributed by atoms with Crippen molar-refractivity contribution < 1.29 is 18.3 Å². The third kappa shape index (κ3) is 2.55. The average molecular weight is 338 g/mol. The lowest BCUT2D eigenvalue weighted by atomic mass is 10.2. The lowest BCUT2D eigenvalue weighted by molar-refractivity contribution is -0.309. The first kappa shape index (κ1) is 15.4. The van der Waals surface area contributed by atoms with Crippen molar-refractivity contribution in [2.45, 2.75) is 23.8 Å². The van der Waals surface area contributed by atoms with Crippen molar-refractivity contribution in [1.29, 1.82) is 0 Å². The Kier molecular flexibility index (Phi) is 3.57. The number of fused-ring (bicyclic) bond motifs is 1. The number of carbonyl (C=O) groups is 1. The van der Waals surface area contributed by atoms with Gasteiger partial charge in [0.1, 0.15) is 0 Å². The molecular weight excluding hydrogens is 326 g/mol. The van der Waals surface area contributed by atoms with Gasteiger partial charge in [0.05, 0.1) is 27.9 Å². The number of nitrogens with zero attached hydrogens (tertiary/aromatic N) is 1. The van der Waals surface area contributed by atoms with Gasteiger partial charge in [-0.05, 0) is 31.0 Å². The van der Waals surface area contributed by atoms with Crippen molar-refractivity contribution in [3.63, 3.8) is 0 Å². The highest BCUT2D eigenvalue weighted by Gasteiger charge is 2.36. The summed E-state index contributed by atoms with van der Waals surface area (Å²) in [6.07, 6.45) is 0.620. The zero-order chi connectivity index (χ0) is 16.8. The second kappa shape index (κ2) is 5.32. The Morgan fingerprint density at radius 2 is 1.83 bits per heavy atom. The molecule has 1 atom stereocenters. The maximum atomic E-state index is 12.6. The molecule has 0 aliphatic carbocycles. The monoisotopic (exact) mass is 338 g/mol. The van der Waals surface area contributed by atoms with Gasteiger partial charge in [-0.3, -0.25) is 9.59 Å². The maximum absolute atomic E-state index is 12.6. The second-order valence-electron chi connectivity index (χ2n) is 5.21. The SMILES string of the molecule is O=C([O-])[C@H]1CCCN1S(=O)(=O)c1ccc2[nH]c(=O)c(=O)[nH]c2c1. The van der Waals surface area contributed by atoms with Crippen molar-refractivity contribution in [1.82, 2.24) is 14.3 Å². The van der Waals surface area contributed by atoms with Crippen LogP contribution in [0.5, 0.6) is 0 Å². The molecule has 1 aromatic heterocycles. The van der Waals surface area contributed by atoms with Gasteiger partial charge in [-0.25, -0.2) is 8.42 Å². The molecule has 1 fully saturated rings. The Morgan fingerprint density at radius 1 is 1.17 bits per heavy atom. The van der Waals surface area contributed by atoms with Crippen LogP contribution in [0.2, 0.25) is 0 Å². The lowest BCUT2D eigenvalue weighted by Crippen LogP contribution is -2.46. The summed E-state index contributed by atoms with van der Waals surface area (Å²) in [4.78, 5) is 38.1. The zero-order valence-electron chi connectivity index (χ0n) is 11.7. The Morgan fingerprint density at radius 3 is 2.48 bits per heavy atom. The highest BCUT2D eigenvalue weighted by atomic mass is 32.2. The summed E-state index contributed by atoms with van der Waals surface area (Å²) in [7, 11) is -4.05. The van der Waals surface area contributed by atoms with Gasteiger partial charge in [-0.2, -0.15) is 4.31 Å². The molecule has 1 aliphatic rings. The number of hydrogen-bond donors (Lipinski definition) is 2. The quantitative estimate of drug-likeness (QED) is 0.627. The predicted octanol–water partition coefficient (Wildman–Crippen LogP) is -1.88. The van der Waals surface area contributed by atoms with Crippen LogP contribution < -0.4 is 16.2 Å². The van der Waals surface area contributed by atoms with E-state index in [-0.39, 0.29) is 28.9 Å². The van der Waals surface area contributed by atoms with Crippen LogP contribution in [0.25, 0.3) is 11.0 Å². The minimum atomic E-state index is -4.05. The molecule has 23 heavy (non-hydrogen) atoms. The van der Waals surface area contributed by atoms with E-state index in [1.165, 1.54) is 18.2 Å². The third-order valence-electron chi connectivity index (χ3n) is 3.78. The number of rotatable bonds is 3. The first-order valence-corrected chi connectivity index (χ1v) is 8.24. The summed E-state index contributed by atoms with van der Waals surface area (Å²) in [6.45, 7) is 0.0845. The van der Waals surface area contributed by atoms with Gasteiger partial charge >= 0.3 is 11.1 Å². The number of benzene rings is 1. The van der Waals surface area contributed by atoms with Gasteiger partial charge in [-0.1, -0.05) is 0 Å². The first-order chi connectivity index (χ1) is 10.8. The number of sulfonamides is 1. The fourth-order valence-electron chi connectivity index (χ4n) is 2.65. The van der Waals surface area contributed by atoms with Gasteiger partial charge in [0.25, 0.3) is 0 Å². The Hall–Kier alpha value is -2.46. The summed E-state index contributed by atoms with van der Waals surface area (Å²) < 4.78 is 26.1. The smallest absolute Gasteiger partial charge is 0.314 e. The standard InChI is InChI=1S/C13H13N3O6S/c17-11-12(18)15-9-6-7(3-4-8(9)14-11)23(21,22)16-5-1-2-10(16)13(19)20/h3-4,6,10H,1-2,5H2,(H,14,17)(H,15,18)(H,19,20)/p-1/t10-/m1/s1. The highest BCUT2D eigenvalue weighted by molar-refractivity contribution is 7.89. The normalized spacial score (nSPS) is 19.2. The van der Waals surface area contributed by atoms with Crippen LogP contribution in [0.4, 0.5) is 0 Å². The Balaban J connectivity index is 2.11. The van der Waals surface area contributed by atoms with Crippen LogP contribution in [0.1, 0.15) is 12.8 Å². The van der Waals surface area contributed by atoms with Crippen molar-refractivity contribution >= 4 is 27.0 Å². The molecule has 0 unspecified atom stereocenters. The third-order valence-corrected chi connectivity index (χ3v) is 5.68. The molecule has 0 radical (unpaired) electrons. The lowest BCUT2D eigenvalue weighted by Gasteiger charge is -2.24. The van der Waals surface area contributed by atoms with Crippen LogP contribution in [0.3, 0.4) is 0 Å². The number of carbonyl (C=O) groups excluding carboxylic acids is 1. The van der Waals surface area contributed by atoms with E-state index >= 15 is 0 Å². The first-order valence-electron chi connectivity index (χ1n) is 6.80. The van der Waals surface area contributed by atoms with Crippen molar-refractivity contribution in [2.75, 3.05) is 6.54 Å². The summed E-state index contributed by atoms with van der Waals surface area (Å²) in [6, 6.07) is 2.57. The second-order valence-corrected chi connectivity index (χ2v) is 7.10. The fraction of sp³-hybridized carbons (Fsp3) is 0.308. The molecular formula is C13H12N3O6S-. The topological polar surface area (TPSA) is 143 Å². The fourth-order valence-corrected chi connectivity index (χ4v) is 4.33. The Bertz CT molecular complexity index is 1010. The number of carboxylic acids is 1. The molecule has 9 nitrogen and oxygen atoms in total. The van der Waals surface area contributed by atoms with Crippen LogP contribution in [0.15, 0.2) is 32.7 Å².